The van der Waals surface area contributed by atoms with Crippen molar-refractivity contribution >= 4 is 5.91 Å². The maximum Gasteiger partial charge on any atom is 0.223 e. The quantitative estimate of drug-likeness (QED) is 0.813. The molecule has 2 rings (SSSR count). The Morgan fingerprint density at radius 3 is 2.48 bits per heavy atom. The summed E-state index contributed by atoms with van der Waals surface area (Å²) in [5, 5.41) is 3.23. The Bertz CT molecular complexity index is 506. The highest BCUT2D eigenvalue weighted by molar-refractivity contribution is 5.79. The van der Waals surface area contributed by atoms with Crippen molar-refractivity contribution in [2.75, 3.05) is 6.54 Å². The number of hydrogen-bond donors (Lipinski definition) is 1. The maximum absolute atomic E-state index is 12.8. The van der Waals surface area contributed by atoms with Gasteiger partial charge in [-0.2, -0.15) is 0 Å². The predicted molar refractivity (Wildman–Crippen MR) is 97.3 cm³/mol. The van der Waals surface area contributed by atoms with E-state index in [9.17, 15) is 4.79 Å². The molecule has 2 nitrogen and oxygen atoms in total. The van der Waals surface area contributed by atoms with Gasteiger partial charge in [0, 0.05) is 12.5 Å². The van der Waals surface area contributed by atoms with Crippen molar-refractivity contribution in [2.45, 2.75) is 59.8 Å². The molecule has 3 atom stereocenters. The molecule has 0 heterocycles. The molecule has 0 saturated heterocycles. The zero-order chi connectivity index (χ0) is 17.0. The summed E-state index contributed by atoms with van der Waals surface area (Å²) in [7, 11) is 0. The molecule has 23 heavy (non-hydrogen) atoms. The van der Waals surface area contributed by atoms with Crippen molar-refractivity contribution in [3.63, 3.8) is 0 Å². The zero-order valence-electron chi connectivity index (χ0n) is 15.4. The van der Waals surface area contributed by atoms with Crippen molar-refractivity contribution in [3.8, 4) is 0 Å². The van der Waals surface area contributed by atoms with Gasteiger partial charge in [-0.15, -0.1) is 0 Å². The second-order valence-electron chi connectivity index (χ2n) is 8.48. The first-order valence-corrected chi connectivity index (χ1v) is 9.13. The lowest BCUT2D eigenvalue weighted by Gasteiger charge is -2.41. The highest BCUT2D eigenvalue weighted by Gasteiger charge is 2.39. The summed E-state index contributed by atoms with van der Waals surface area (Å²) in [5.74, 6) is 1.89. The van der Waals surface area contributed by atoms with Crippen LogP contribution in [0, 0.1) is 23.2 Å². The Hall–Kier alpha value is -1.31. The Balaban J connectivity index is 1.97. The second kappa shape index (κ2) is 7.51. The minimum atomic E-state index is 0.168. The molecule has 0 aromatic heterocycles. The van der Waals surface area contributed by atoms with Crippen molar-refractivity contribution < 1.29 is 4.79 Å². The van der Waals surface area contributed by atoms with Gasteiger partial charge in [0.1, 0.15) is 0 Å². The second-order valence-corrected chi connectivity index (χ2v) is 8.48. The number of carbonyl (C=O) groups is 1. The molecule has 1 unspecified atom stereocenters. The Morgan fingerprint density at radius 2 is 1.87 bits per heavy atom. The van der Waals surface area contributed by atoms with E-state index in [2.05, 4.69) is 64.2 Å². The lowest BCUT2D eigenvalue weighted by atomic mass is 9.64. The van der Waals surface area contributed by atoms with E-state index in [1.807, 2.05) is 6.07 Å². The van der Waals surface area contributed by atoms with E-state index in [0.717, 1.165) is 13.0 Å². The molecule has 1 saturated carbocycles. The van der Waals surface area contributed by atoms with Gasteiger partial charge in [-0.05, 0) is 48.0 Å². The number of amides is 1. The molecule has 0 aliphatic heterocycles. The number of hydrogen-bond acceptors (Lipinski definition) is 1. The highest BCUT2D eigenvalue weighted by atomic mass is 16.1. The molecule has 1 aromatic rings. The smallest absolute Gasteiger partial charge is 0.223 e. The van der Waals surface area contributed by atoms with E-state index >= 15 is 0 Å². The summed E-state index contributed by atoms with van der Waals surface area (Å²) < 4.78 is 0. The first-order valence-electron chi connectivity index (χ1n) is 9.13. The summed E-state index contributed by atoms with van der Waals surface area (Å²) in [5.41, 5.74) is 1.58. The van der Waals surface area contributed by atoms with Crippen molar-refractivity contribution in [1.29, 1.82) is 0 Å². The molecule has 1 fully saturated rings. The van der Waals surface area contributed by atoms with Gasteiger partial charge in [0.25, 0.3) is 0 Å². The normalized spacial score (nSPS) is 25.1. The topological polar surface area (TPSA) is 29.1 Å². The van der Waals surface area contributed by atoms with Gasteiger partial charge >= 0.3 is 0 Å². The van der Waals surface area contributed by atoms with Crippen LogP contribution in [0.3, 0.4) is 0 Å². The summed E-state index contributed by atoms with van der Waals surface area (Å²) >= 11 is 0. The van der Waals surface area contributed by atoms with Crippen molar-refractivity contribution in [3.05, 3.63) is 35.9 Å². The number of benzene rings is 1. The molecular weight excluding hydrogens is 282 g/mol. The summed E-state index contributed by atoms with van der Waals surface area (Å²) in [6.45, 7) is 12.0. The molecule has 1 aromatic carbocycles. The van der Waals surface area contributed by atoms with Crippen molar-refractivity contribution in [2.24, 2.45) is 23.2 Å². The minimum Gasteiger partial charge on any atom is -0.355 e. The van der Waals surface area contributed by atoms with Gasteiger partial charge in [-0.25, -0.2) is 0 Å². The van der Waals surface area contributed by atoms with E-state index in [4.69, 9.17) is 0 Å². The lowest BCUT2D eigenvalue weighted by Crippen LogP contribution is -2.43. The third-order valence-corrected chi connectivity index (χ3v) is 5.59. The van der Waals surface area contributed by atoms with Crippen LogP contribution in [0.5, 0.6) is 0 Å². The standard InChI is InChI=1S/C21H33NO/c1-15(2)18-11-12-21(4,5)13-19(18)20(23)22-14-16(3)17-9-7-6-8-10-17/h6-10,15-16,18-19H,11-14H2,1-5H3,(H,22,23)/t16-,18-,19?/m1/s1. The van der Waals surface area contributed by atoms with Gasteiger partial charge in [-0.1, -0.05) is 65.0 Å². The molecular formula is C21H33NO. The van der Waals surface area contributed by atoms with Crippen LogP contribution in [0.1, 0.15) is 65.4 Å². The number of rotatable bonds is 5. The third-order valence-electron chi connectivity index (χ3n) is 5.59. The van der Waals surface area contributed by atoms with Gasteiger partial charge < -0.3 is 5.32 Å². The Morgan fingerprint density at radius 1 is 1.22 bits per heavy atom. The Kier molecular flexibility index (Phi) is 5.89. The van der Waals surface area contributed by atoms with Crippen molar-refractivity contribution in [1.82, 2.24) is 5.32 Å². The summed E-state index contributed by atoms with van der Waals surface area (Å²) in [4.78, 5) is 12.8. The SMILES string of the molecule is CC(C)[C@H]1CCC(C)(C)CC1C(=O)NC[C@@H](C)c1ccccc1. The van der Waals surface area contributed by atoms with E-state index in [1.165, 1.54) is 18.4 Å². The van der Waals surface area contributed by atoms with Gasteiger partial charge in [0.05, 0.1) is 0 Å². The first-order chi connectivity index (χ1) is 10.8. The van der Waals surface area contributed by atoms with E-state index in [-0.39, 0.29) is 11.8 Å². The molecule has 1 aliphatic carbocycles. The Labute approximate surface area is 142 Å². The van der Waals surface area contributed by atoms with Gasteiger partial charge in [0.15, 0.2) is 0 Å². The van der Waals surface area contributed by atoms with Crippen LogP contribution >= 0.6 is 0 Å². The van der Waals surface area contributed by atoms with E-state index < -0.39 is 0 Å². The first kappa shape index (κ1) is 18.0. The maximum atomic E-state index is 12.8. The molecule has 128 valence electrons. The van der Waals surface area contributed by atoms with Gasteiger partial charge in [-0.3, -0.25) is 4.79 Å². The van der Waals surface area contributed by atoms with Gasteiger partial charge in [0.2, 0.25) is 5.91 Å². The van der Waals surface area contributed by atoms with E-state index in [1.54, 1.807) is 0 Å². The molecule has 0 spiro atoms. The minimum absolute atomic E-state index is 0.168. The molecule has 0 bridgehead atoms. The van der Waals surface area contributed by atoms with Crippen LogP contribution in [0.2, 0.25) is 0 Å². The monoisotopic (exact) mass is 315 g/mol. The summed E-state index contributed by atoms with van der Waals surface area (Å²) in [6, 6.07) is 10.4. The van der Waals surface area contributed by atoms with E-state index in [0.29, 0.717) is 23.2 Å². The van der Waals surface area contributed by atoms with Crippen LogP contribution in [-0.2, 0) is 4.79 Å². The van der Waals surface area contributed by atoms with Crippen LogP contribution in [-0.4, -0.2) is 12.5 Å². The lowest BCUT2D eigenvalue weighted by molar-refractivity contribution is -0.130. The average molecular weight is 316 g/mol. The zero-order valence-corrected chi connectivity index (χ0v) is 15.4. The van der Waals surface area contributed by atoms with Crippen LogP contribution in [0.4, 0.5) is 0 Å². The van der Waals surface area contributed by atoms with Crippen LogP contribution in [0.25, 0.3) is 0 Å². The molecule has 1 amide bonds. The largest absolute Gasteiger partial charge is 0.355 e. The molecule has 1 aliphatic rings. The fourth-order valence-corrected chi connectivity index (χ4v) is 3.98. The number of carbonyl (C=O) groups excluding carboxylic acids is 1. The third kappa shape index (κ3) is 4.83. The average Bonchev–Trinajstić information content (AvgIpc) is 2.51. The predicted octanol–water partition coefficient (Wildman–Crippen LogP) is 5.00. The fourth-order valence-electron chi connectivity index (χ4n) is 3.98. The van der Waals surface area contributed by atoms with Crippen LogP contribution in [0.15, 0.2) is 30.3 Å². The van der Waals surface area contributed by atoms with Crippen LogP contribution < -0.4 is 5.32 Å². The molecule has 1 N–H and O–H groups in total. The fraction of sp³-hybridized carbons (Fsp3) is 0.667. The summed E-state index contributed by atoms with van der Waals surface area (Å²) in [6.07, 6.45) is 3.43. The number of nitrogens with one attached hydrogen (secondary N) is 1. The molecule has 0 radical (unpaired) electrons. The highest BCUT2D eigenvalue weighted by Crippen LogP contribution is 2.44. The molecule has 2 heteroatoms.